The van der Waals surface area contributed by atoms with Gasteiger partial charge in [-0.05, 0) is 30.3 Å². The van der Waals surface area contributed by atoms with Gasteiger partial charge in [0.1, 0.15) is 0 Å². The summed E-state index contributed by atoms with van der Waals surface area (Å²) in [4.78, 5) is 5.08. The van der Waals surface area contributed by atoms with Crippen molar-refractivity contribution in [1.82, 2.24) is 9.55 Å². The summed E-state index contributed by atoms with van der Waals surface area (Å²) in [5.74, 6) is 0. The SMILES string of the molecule is Clc1ncc(CNc2cc(-n3cccc3)ccc2Cl)s1. The van der Waals surface area contributed by atoms with Crippen molar-refractivity contribution < 1.29 is 0 Å². The highest BCUT2D eigenvalue weighted by molar-refractivity contribution is 7.15. The predicted molar refractivity (Wildman–Crippen MR) is 85.2 cm³/mol. The molecular formula is C14H11Cl2N3S. The molecule has 0 atom stereocenters. The van der Waals surface area contributed by atoms with Crippen LogP contribution in [0.25, 0.3) is 5.69 Å². The van der Waals surface area contributed by atoms with Gasteiger partial charge < -0.3 is 9.88 Å². The van der Waals surface area contributed by atoms with E-state index in [1.807, 2.05) is 47.3 Å². The Labute approximate surface area is 130 Å². The summed E-state index contributed by atoms with van der Waals surface area (Å²) < 4.78 is 2.58. The second-order valence-corrected chi connectivity index (χ2v) is 6.29. The van der Waals surface area contributed by atoms with Gasteiger partial charge in [0.2, 0.25) is 0 Å². The van der Waals surface area contributed by atoms with Crippen molar-refractivity contribution in [2.75, 3.05) is 5.32 Å². The summed E-state index contributed by atoms with van der Waals surface area (Å²) in [5.41, 5.74) is 1.95. The number of nitrogens with zero attached hydrogens (tertiary/aromatic N) is 2. The zero-order valence-corrected chi connectivity index (χ0v) is 12.7. The number of aromatic nitrogens is 2. The van der Waals surface area contributed by atoms with Gasteiger partial charge in [0.25, 0.3) is 0 Å². The third-order valence-corrected chi connectivity index (χ3v) is 4.28. The Hall–Kier alpha value is -1.49. The quantitative estimate of drug-likeness (QED) is 0.743. The Kier molecular flexibility index (Phi) is 3.96. The van der Waals surface area contributed by atoms with Crippen molar-refractivity contribution in [3.63, 3.8) is 0 Å². The van der Waals surface area contributed by atoms with Gasteiger partial charge in [0, 0.05) is 29.2 Å². The van der Waals surface area contributed by atoms with E-state index < -0.39 is 0 Å². The van der Waals surface area contributed by atoms with Gasteiger partial charge in [-0.2, -0.15) is 0 Å². The minimum atomic E-state index is 0.550. The van der Waals surface area contributed by atoms with E-state index in [4.69, 9.17) is 23.2 Å². The van der Waals surface area contributed by atoms with Crippen LogP contribution in [0.4, 0.5) is 5.69 Å². The van der Waals surface area contributed by atoms with Crippen LogP contribution in [-0.2, 0) is 6.54 Å². The summed E-state index contributed by atoms with van der Waals surface area (Å²) >= 11 is 13.5. The maximum absolute atomic E-state index is 6.22. The lowest BCUT2D eigenvalue weighted by Crippen LogP contribution is -1.99. The highest BCUT2D eigenvalue weighted by atomic mass is 35.5. The van der Waals surface area contributed by atoms with Crippen LogP contribution in [0.15, 0.2) is 48.9 Å². The molecule has 0 unspecified atom stereocenters. The summed E-state index contributed by atoms with van der Waals surface area (Å²) in [6.07, 6.45) is 5.76. The molecule has 0 aliphatic rings. The van der Waals surface area contributed by atoms with Crippen molar-refractivity contribution in [1.29, 1.82) is 0 Å². The molecule has 20 heavy (non-hydrogen) atoms. The molecule has 3 rings (SSSR count). The zero-order chi connectivity index (χ0) is 13.9. The number of anilines is 1. The van der Waals surface area contributed by atoms with Crippen molar-refractivity contribution in [3.05, 3.63) is 63.3 Å². The molecule has 2 heterocycles. The van der Waals surface area contributed by atoms with Gasteiger partial charge in [0.05, 0.1) is 17.3 Å². The monoisotopic (exact) mass is 323 g/mol. The van der Waals surface area contributed by atoms with Crippen LogP contribution in [0.2, 0.25) is 9.49 Å². The van der Waals surface area contributed by atoms with E-state index >= 15 is 0 Å². The molecule has 3 aromatic rings. The standard InChI is InChI=1S/C14H11Cl2N3S/c15-12-4-3-10(19-5-1-2-6-19)7-13(12)17-8-11-9-18-14(16)20-11/h1-7,9,17H,8H2. The number of benzene rings is 1. The maximum Gasteiger partial charge on any atom is 0.183 e. The molecule has 0 amide bonds. The van der Waals surface area contributed by atoms with Gasteiger partial charge in [-0.3, -0.25) is 0 Å². The molecule has 1 N–H and O–H groups in total. The number of halogens is 2. The van der Waals surface area contributed by atoms with Crippen LogP contribution in [0.3, 0.4) is 0 Å². The summed E-state index contributed by atoms with van der Waals surface area (Å²) in [7, 11) is 0. The molecule has 1 aromatic carbocycles. The molecule has 3 nitrogen and oxygen atoms in total. The van der Waals surface area contributed by atoms with Crippen LogP contribution in [0.1, 0.15) is 4.88 Å². The Morgan fingerprint density at radius 1 is 1.20 bits per heavy atom. The van der Waals surface area contributed by atoms with Crippen LogP contribution < -0.4 is 5.32 Å². The van der Waals surface area contributed by atoms with E-state index in [1.54, 1.807) is 6.20 Å². The van der Waals surface area contributed by atoms with Crippen molar-refractivity contribution in [3.8, 4) is 5.69 Å². The molecule has 0 aliphatic heterocycles. The first-order valence-corrected chi connectivity index (χ1v) is 7.56. The van der Waals surface area contributed by atoms with Gasteiger partial charge in [-0.1, -0.05) is 23.2 Å². The first-order valence-electron chi connectivity index (χ1n) is 5.99. The number of rotatable bonds is 4. The second-order valence-electron chi connectivity index (χ2n) is 4.19. The normalized spacial score (nSPS) is 10.7. The van der Waals surface area contributed by atoms with E-state index in [0.29, 0.717) is 16.0 Å². The number of thiazole rings is 1. The van der Waals surface area contributed by atoms with E-state index in [0.717, 1.165) is 16.3 Å². The van der Waals surface area contributed by atoms with Crippen molar-refractivity contribution >= 4 is 40.2 Å². The molecule has 0 spiro atoms. The van der Waals surface area contributed by atoms with Gasteiger partial charge >= 0.3 is 0 Å². The average Bonchev–Trinajstić information content (AvgIpc) is 3.09. The molecule has 102 valence electrons. The summed E-state index contributed by atoms with van der Waals surface area (Å²) in [5, 5.41) is 4.00. The van der Waals surface area contributed by atoms with Crippen molar-refractivity contribution in [2.24, 2.45) is 0 Å². The van der Waals surface area contributed by atoms with E-state index in [2.05, 4.69) is 10.3 Å². The largest absolute Gasteiger partial charge is 0.379 e. The Bertz CT molecular complexity index is 707. The molecule has 0 radical (unpaired) electrons. The average molecular weight is 324 g/mol. The predicted octanol–water partition coefficient (Wildman–Crippen LogP) is 4.85. The van der Waals surface area contributed by atoms with Crippen LogP contribution >= 0.6 is 34.5 Å². The molecule has 0 saturated carbocycles. The van der Waals surface area contributed by atoms with Crippen LogP contribution in [0, 0.1) is 0 Å². The minimum absolute atomic E-state index is 0.550. The third kappa shape index (κ3) is 2.98. The van der Waals surface area contributed by atoms with Gasteiger partial charge in [-0.15, -0.1) is 11.3 Å². The number of nitrogens with one attached hydrogen (secondary N) is 1. The third-order valence-electron chi connectivity index (χ3n) is 2.83. The minimum Gasteiger partial charge on any atom is -0.379 e. The Balaban J connectivity index is 1.80. The first-order chi connectivity index (χ1) is 9.72. The fraction of sp³-hybridized carbons (Fsp3) is 0.0714. The first kappa shape index (κ1) is 13.5. The maximum atomic E-state index is 6.22. The van der Waals surface area contributed by atoms with E-state index in [9.17, 15) is 0 Å². The number of hydrogen-bond acceptors (Lipinski definition) is 3. The van der Waals surface area contributed by atoms with Gasteiger partial charge in [-0.25, -0.2) is 4.98 Å². The summed E-state index contributed by atoms with van der Waals surface area (Å²) in [6, 6.07) is 9.86. The molecule has 6 heteroatoms. The number of hydrogen-bond donors (Lipinski definition) is 1. The Morgan fingerprint density at radius 3 is 2.70 bits per heavy atom. The summed E-state index contributed by atoms with van der Waals surface area (Å²) in [6.45, 7) is 0.652. The fourth-order valence-electron chi connectivity index (χ4n) is 1.86. The smallest absolute Gasteiger partial charge is 0.183 e. The lowest BCUT2D eigenvalue weighted by atomic mass is 10.2. The van der Waals surface area contributed by atoms with Crippen LogP contribution in [-0.4, -0.2) is 9.55 Å². The van der Waals surface area contributed by atoms with E-state index in [-0.39, 0.29) is 0 Å². The zero-order valence-electron chi connectivity index (χ0n) is 10.4. The molecule has 2 aromatic heterocycles. The Morgan fingerprint density at radius 2 is 2.00 bits per heavy atom. The van der Waals surface area contributed by atoms with Crippen molar-refractivity contribution in [2.45, 2.75) is 6.54 Å². The second kappa shape index (κ2) is 5.87. The highest BCUT2D eigenvalue weighted by Gasteiger charge is 2.05. The molecular weight excluding hydrogens is 313 g/mol. The lowest BCUT2D eigenvalue weighted by molar-refractivity contribution is 1.08. The molecule has 0 fully saturated rings. The van der Waals surface area contributed by atoms with E-state index in [1.165, 1.54) is 11.3 Å². The molecule has 0 bridgehead atoms. The van der Waals surface area contributed by atoms with Gasteiger partial charge in [0.15, 0.2) is 4.47 Å². The van der Waals surface area contributed by atoms with Crippen LogP contribution in [0.5, 0.6) is 0 Å². The fourth-order valence-corrected chi connectivity index (χ4v) is 2.97. The molecule has 0 saturated heterocycles. The highest BCUT2D eigenvalue weighted by Crippen LogP contribution is 2.26. The molecule has 0 aliphatic carbocycles. The topological polar surface area (TPSA) is 29.9 Å². The lowest BCUT2D eigenvalue weighted by Gasteiger charge is -2.10.